The van der Waals surface area contributed by atoms with Crippen LogP contribution in [0, 0.1) is 0 Å². The maximum absolute atomic E-state index is 12.5. The number of likely N-dealkylation sites (tertiary alicyclic amines) is 1. The second-order valence-corrected chi connectivity index (χ2v) is 6.39. The predicted molar refractivity (Wildman–Crippen MR) is 90.3 cm³/mol. The second-order valence-electron chi connectivity index (χ2n) is 6.39. The molecule has 6 nitrogen and oxygen atoms in total. The molecule has 2 fully saturated rings. The summed E-state index contributed by atoms with van der Waals surface area (Å²) in [5.41, 5.74) is 1.31. The Hall–Kier alpha value is -1.76. The van der Waals surface area contributed by atoms with Crippen LogP contribution in [0.3, 0.4) is 0 Å². The Morgan fingerprint density at radius 1 is 1.08 bits per heavy atom. The van der Waals surface area contributed by atoms with E-state index in [1.165, 1.54) is 10.5 Å². The van der Waals surface area contributed by atoms with Crippen molar-refractivity contribution >= 4 is 11.8 Å². The number of ether oxygens (including phenoxy) is 1. The van der Waals surface area contributed by atoms with Gasteiger partial charge in [-0.25, -0.2) is 0 Å². The van der Waals surface area contributed by atoms with Gasteiger partial charge in [0.2, 0.25) is 11.8 Å². The van der Waals surface area contributed by atoms with Gasteiger partial charge in [-0.05, 0) is 5.56 Å². The van der Waals surface area contributed by atoms with Gasteiger partial charge in [0, 0.05) is 39.8 Å². The molecular weight excluding hydrogens is 306 g/mol. The highest BCUT2D eigenvalue weighted by atomic mass is 16.5. The van der Waals surface area contributed by atoms with Gasteiger partial charge in [0.1, 0.15) is 0 Å². The van der Waals surface area contributed by atoms with E-state index >= 15 is 0 Å². The molecule has 0 unspecified atom stereocenters. The molecule has 1 atom stereocenters. The summed E-state index contributed by atoms with van der Waals surface area (Å²) in [6, 6.07) is 10.1. The molecule has 2 aliphatic rings. The largest absolute Gasteiger partial charge is 0.383 e. The summed E-state index contributed by atoms with van der Waals surface area (Å²) in [6.07, 6.45) is 0.307. The van der Waals surface area contributed by atoms with Crippen LogP contribution in [0.1, 0.15) is 12.0 Å². The number of carbonyl (C=O) groups excluding carboxylic acids is 2. The molecule has 0 radical (unpaired) electrons. The first-order chi connectivity index (χ1) is 11.7. The van der Waals surface area contributed by atoms with Gasteiger partial charge in [-0.1, -0.05) is 30.3 Å². The minimum atomic E-state index is -0.284. The molecule has 130 valence electrons. The van der Waals surface area contributed by atoms with Crippen LogP contribution in [0.15, 0.2) is 30.3 Å². The van der Waals surface area contributed by atoms with E-state index in [-0.39, 0.29) is 17.9 Å². The summed E-state index contributed by atoms with van der Waals surface area (Å²) in [5.74, 6) is -0.137. The summed E-state index contributed by atoms with van der Waals surface area (Å²) >= 11 is 0. The van der Waals surface area contributed by atoms with Crippen LogP contribution >= 0.6 is 0 Å². The van der Waals surface area contributed by atoms with E-state index in [2.05, 4.69) is 34.1 Å². The number of amides is 2. The highest BCUT2D eigenvalue weighted by molar-refractivity contribution is 6.05. The monoisotopic (exact) mass is 331 g/mol. The highest BCUT2D eigenvalue weighted by Gasteiger charge is 2.42. The van der Waals surface area contributed by atoms with Crippen LogP contribution in [0.25, 0.3) is 0 Å². The van der Waals surface area contributed by atoms with Gasteiger partial charge in [-0.15, -0.1) is 0 Å². The molecule has 2 amide bonds. The highest BCUT2D eigenvalue weighted by Crippen LogP contribution is 2.20. The predicted octanol–water partition coefficient (Wildman–Crippen LogP) is 0.578. The molecule has 6 heteroatoms. The minimum absolute atomic E-state index is 0.0615. The maximum Gasteiger partial charge on any atom is 0.247 e. The van der Waals surface area contributed by atoms with Crippen LogP contribution in [0.5, 0.6) is 0 Å². The summed E-state index contributed by atoms with van der Waals surface area (Å²) in [4.78, 5) is 30.5. The Balaban J connectivity index is 1.51. The van der Waals surface area contributed by atoms with Crippen molar-refractivity contribution in [2.45, 2.75) is 19.0 Å². The lowest BCUT2D eigenvalue weighted by molar-refractivity contribution is -0.140. The van der Waals surface area contributed by atoms with E-state index in [0.717, 1.165) is 32.7 Å². The van der Waals surface area contributed by atoms with E-state index in [0.29, 0.717) is 19.6 Å². The zero-order chi connectivity index (χ0) is 16.9. The zero-order valence-electron chi connectivity index (χ0n) is 14.2. The summed E-state index contributed by atoms with van der Waals surface area (Å²) in [5, 5.41) is 0. The smallest absolute Gasteiger partial charge is 0.247 e. The number of benzene rings is 1. The molecule has 0 aromatic heterocycles. The number of nitrogens with zero attached hydrogens (tertiary/aromatic N) is 3. The van der Waals surface area contributed by atoms with Crippen molar-refractivity contribution in [3.05, 3.63) is 35.9 Å². The van der Waals surface area contributed by atoms with Crippen molar-refractivity contribution in [1.82, 2.24) is 14.7 Å². The fraction of sp³-hybridized carbons (Fsp3) is 0.556. The fourth-order valence-corrected chi connectivity index (χ4v) is 3.44. The van der Waals surface area contributed by atoms with Gasteiger partial charge < -0.3 is 4.74 Å². The van der Waals surface area contributed by atoms with E-state index in [9.17, 15) is 9.59 Å². The van der Waals surface area contributed by atoms with Crippen LogP contribution in [0.4, 0.5) is 0 Å². The third-order valence-corrected chi connectivity index (χ3v) is 4.84. The van der Waals surface area contributed by atoms with Crippen molar-refractivity contribution < 1.29 is 14.3 Å². The lowest BCUT2D eigenvalue weighted by Gasteiger charge is -2.37. The van der Waals surface area contributed by atoms with E-state index in [4.69, 9.17) is 4.74 Å². The maximum atomic E-state index is 12.5. The summed E-state index contributed by atoms with van der Waals surface area (Å²) in [6.45, 7) is 5.19. The standard InChI is InChI=1S/C18H25N3O3/c1-24-12-11-21-17(22)13-16(18(21)23)20-9-7-19(8-10-20)14-15-5-3-2-4-6-15/h2-6,16H,7-14H2,1H3/t16-/m1/s1. The summed E-state index contributed by atoms with van der Waals surface area (Å²) < 4.78 is 4.99. The van der Waals surface area contributed by atoms with Gasteiger partial charge in [0.05, 0.1) is 25.6 Å². The molecule has 3 rings (SSSR count). The minimum Gasteiger partial charge on any atom is -0.383 e. The first-order valence-electron chi connectivity index (χ1n) is 8.52. The molecule has 1 aromatic rings. The molecule has 2 aliphatic heterocycles. The quantitative estimate of drug-likeness (QED) is 0.714. The Bertz CT molecular complexity index is 570. The number of hydrogen-bond acceptors (Lipinski definition) is 5. The molecular formula is C18H25N3O3. The van der Waals surface area contributed by atoms with E-state index < -0.39 is 0 Å². The van der Waals surface area contributed by atoms with Crippen LogP contribution in [0.2, 0.25) is 0 Å². The third-order valence-electron chi connectivity index (χ3n) is 4.84. The van der Waals surface area contributed by atoms with Gasteiger partial charge in [-0.2, -0.15) is 0 Å². The van der Waals surface area contributed by atoms with Crippen molar-refractivity contribution in [3.63, 3.8) is 0 Å². The van der Waals surface area contributed by atoms with Crippen molar-refractivity contribution in [3.8, 4) is 0 Å². The number of hydrogen-bond donors (Lipinski definition) is 0. The Morgan fingerprint density at radius 3 is 2.46 bits per heavy atom. The Morgan fingerprint density at radius 2 is 1.79 bits per heavy atom. The molecule has 0 bridgehead atoms. The van der Waals surface area contributed by atoms with Crippen molar-refractivity contribution in [1.29, 1.82) is 0 Å². The lowest BCUT2D eigenvalue weighted by atomic mass is 10.1. The van der Waals surface area contributed by atoms with Crippen LogP contribution < -0.4 is 0 Å². The molecule has 0 saturated carbocycles. The average Bonchev–Trinajstić information content (AvgIpc) is 2.89. The van der Waals surface area contributed by atoms with E-state index in [1.54, 1.807) is 7.11 Å². The van der Waals surface area contributed by atoms with Crippen molar-refractivity contribution in [2.24, 2.45) is 0 Å². The second kappa shape index (κ2) is 7.88. The molecule has 0 spiro atoms. The van der Waals surface area contributed by atoms with Gasteiger partial charge in [0.15, 0.2) is 0 Å². The molecule has 24 heavy (non-hydrogen) atoms. The number of carbonyl (C=O) groups is 2. The molecule has 0 aliphatic carbocycles. The normalized spacial score (nSPS) is 23.2. The first-order valence-corrected chi connectivity index (χ1v) is 8.52. The van der Waals surface area contributed by atoms with Crippen molar-refractivity contribution in [2.75, 3.05) is 46.4 Å². The molecule has 2 heterocycles. The van der Waals surface area contributed by atoms with Crippen LogP contribution in [-0.2, 0) is 20.9 Å². The average molecular weight is 331 g/mol. The number of piperazine rings is 1. The van der Waals surface area contributed by atoms with Gasteiger partial charge in [0.25, 0.3) is 0 Å². The number of methoxy groups -OCH3 is 1. The fourth-order valence-electron chi connectivity index (χ4n) is 3.44. The number of rotatable bonds is 6. The lowest BCUT2D eigenvalue weighted by Crippen LogP contribution is -2.52. The summed E-state index contributed by atoms with van der Waals surface area (Å²) in [7, 11) is 1.58. The zero-order valence-corrected chi connectivity index (χ0v) is 14.2. The Labute approximate surface area is 143 Å². The van der Waals surface area contributed by atoms with E-state index in [1.807, 2.05) is 6.07 Å². The van der Waals surface area contributed by atoms with Crippen LogP contribution in [-0.4, -0.2) is 79.0 Å². The first kappa shape index (κ1) is 17.1. The topological polar surface area (TPSA) is 53.1 Å². The third kappa shape index (κ3) is 3.83. The molecule has 1 aromatic carbocycles. The number of imide groups is 1. The Kier molecular flexibility index (Phi) is 5.60. The molecule has 2 saturated heterocycles. The SMILES string of the molecule is COCCN1C(=O)C[C@@H](N2CCN(Cc3ccccc3)CC2)C1=O. The van der Waals surface area contributed by atoms with Gasteiger partial charge in [-0.3, -0.25) is 24.3 Å². The van der Waals surface area contributed by atoms with Gasteiger partial charge >= 0.3 is 0 Å². The molecule has 0 N–H and O–H groups in total.